The van der Waals surface area contributed by atoms with E-state index < -0.39 is 5.91 Å². The number of benzene rings is 1. The van der Waals surface area contributed by atoms with Crippen LogP contribution in [0, 0.1) is 0 Å². The van der Waals surface area contributed by atoms with Gasteiger partial charge in [-0.1, -0.05) is 24.3 Å². The number of rotatable bonds is 3. The van der Waals surface area contributed by atoms with Crippen LogP contribution in [-0.4, -0.2) is 10.9 Å². The van der Waals surface area contributed by atoms with Gasteiger partial charge in [-0.2, -0.15) is 0 Å². The predicted molar refractivity (Wildman–Crippen MR) is 70.2 cm³/mol. The van der Waals surface area contributed by atoms with E-state index in [9.17, 15) is 4.79 Å². The van der Waals surface area contributed by atoms with E-state index in [1.54, 1.807) is 6.08 Å². The minimum absolute atomic E-state index is 0.457. The van der Waals surface area contributed by atoms with E-state index in [0.29, 0.717) is 5.13 Å². The lowest BCUT2D eigenvalue weighted by Gasteiger charge is -1.97. The van der Waals surface area contributed by atoms with Gasteiger partial charge in [-0.15, -0.1) is 11.3 Å². The molecule has 0 spiro atoms. The molecule has 2 rings (SSSR count). The van der Waals surface area contributed by atoms with Gasteiger partial charge in [0.2, 0.25) is 5.91 Å². The highest BCUT2D eigenvalue weighted by Crippen LogP contribution is 2.23. The van der Waals surface area contributed by atoms with E-state index in [-0.39, 0.29) is 0 Å². The molecule has 0 saturated carbocycles. The van der Waals surface area contributed by atoms with Crippen molar-refractivity contribution in [1.82, 2.24) is 4.98 Å². The highest BCUT2D eigenvalue weighted by molar-refractivity contribution is 7.13. The van der Waals surface area contributed by atoms with Gasteiger partial charge in [-0.3, -0.25) is 4.79 Å². The number of carbonyl (C=O) groups excluding carboxylic acids is 1. The van der Waals surface area contributed by atoms with Crippen molar-refractivity contribution in [1.29, 1.82) is 0 Å². The first-order chi connectivity index (χ1) is 8.15. The summed E-state index contributed by atoms with van der Waals surface area (Å²) in [6.07, 6.45) is 3.00. The normalized spacial score (nSPS) is 10.8. The first kappa shape index (κ1) is 11.3. The quantitative estimate of drug-likeness (QED) is 0.810. The second kappa shape index (κ2) is 4.80. The van der Waals surface area contributed by atoms with Crippen LogP contribution in [0.15, 0.2) is 35.7 Å². The third-order valence-corrected chi connectivity index (χ3v) is 2.84. The molecule has 1 heterocycles. The van der Waals surface area contributed by atoms with Gasteiger partial charge in [0.15, 0.2) is 5.13 Å². The van der Waals surface area contributed by atoms with Crippen molar-refractivity contribution < 1.29 is 4.79 Å². The van der Waals surface area contributed by atoms with Crippen LogP contribution in [0.5, 0.6) is 0 Å². The minimum atomic E-state index is -0.457. The van der Waals surface area contributed by atoms with Gasteiger partial charge in [0.25, 0.3) is 0 Å². The summed E-state index contributed by atoms with van der Waals surface area (Å²) in [5, 5.41) is 2.46. The molecule has 4 nitrogen and oxygen atoms in total. The molecule has 0 atom stereocenters. The molecule has 0 saturated heterocycles. The maximum absolute atomic E-state index is 10.6. The number of anilines is 1. The van der Waals surface area contributed by atoms with E-state index in [1.807, 2.05) is 29.6 Å². The summed E-state index contributed by atoms with van der Waals surface area (Å²) >= 11 is 1.41. The molecule has 0 aliphatic carbocycles. The Labute approximate surface area is 103 Å². The monoisotopic (exact) mass is 245 g/mol. The molecule has 0 radical (unpaired) electrons. The summed E-state index contributed by atoms with van der Waals surface area (Å²) in [7, 11) is 0. The van der Waals surface area contributed by atoms with Crippen LogP contribution in [0.1, 0.15) is 5.56 Å². The highest BCUT2D eigenvalue weighted by atomic mass is 32.1. The Hall–Kier alpha value is -2.14. The lowest BCUT2D eigenvalue weighted by molar-refractivity contribution is -0.113. The lowest BCUT2D eigenvalue weighted by atomic mass is 10.1. The minimum Gasteiger partial charge on any atom is -0.375 e. The van der Waals surface area contributed by atoms with Crippen LogP contribution in [0.25, 0.3) is 17.3 Å². The van der Waals surface area contributed by atoms with Crippen LogP contribution in [-0.2, 0) is 4.79 Å². The number of primary amides is 1. The Balaban J connectivity index is 2.21. The molecule has 0 unspecified atom stereocenters. The van der Waals surface area contributed by atoms with Crippen molar-refractivity contribution in [3.63, 3.8) is 0 Å². The molecular weight excluding hydrogens is 234 g/mol. The van der Waals surface area contributed by atoms with E-state index in [4.69, 9.17) is 11.5 Å². The van der Waals surface area contributed by atoms with Crippen LogP contribution >= 0.6 is 11.3 Å². The highest BCUT2D eigenvalue weighted by Gasteiger charge is 2.01. The number of hydrogen-bond donors (Lipinski definition) is 2. The third kappa shape index (κ3) is 2.92. The van der Waals surface area contributed by atoms with Gasteiger partial charge < -0.3 is 11.5 Å². The molecule has 0 bridgehead atoms. The summed E-state index contributed by atoms with van der Waals surface area (Å²) < 4.78 is 0. The number of hydrogen-bond acceptors (Lipinski definition) is 4. The molecule has 5 heteroatoms. The van der Waals surface area contributed by atoms with Crippen molar-refractivity contribution in [2.24, 2.45) is 5.73 Å². The second-order valence-corrected chi connectivity index (χ2v) is 4.32. The zero-order chi connectivity index (χ0) is 12.3. The number of carbonyl (C=O) groups is 1. The Morgan fingerprint density at radius 1 is 1.29 bits per heavy atom. The number of aromatic nitrogens is 1. The van der Waals surface area contributed by atoms with Gasteiger partial charge >= 0.3 is 0 Å². The largest absolute Gasteiger partial charge is 0.375 e. The van der Waals surface area contributed by atoms with Gasteiger partial charge in [0.1, 0.15) is 0 Å². The molecule has 1 amide bonds. The smallest absolute Gasteiger partial charge is 0.241 e. The first-order valence-electron chi connectivity index (χ1n) is 4.94. The van der Waals surface area contributed by atoms with Crippen molar-refractivity contribution in [3.8, 4) is 11.3 Å². The van der Waals surface area contributed by atoms with E-state index in [2.05, 4.69) is 4.98 Å². The molecular formula is C12H11N3OS. The number of thiazole rings is 1. The number of amides is 1. The van der Waals surface area contributed by atoms with Crippen LogP contribution in [0.4, 0.5) is 5.13 Å². The van der Waals surface area contributed by atoms with Crippen molar-refractivity contribution >= 4 is 28.5 Å². The van der Waals surface area contributed by atoms with Crippen molar-refractivity contribution in [3.05, 3.63) is 41.3 Å². The number of nitrogens with two attached hydrogens (primary N) is 2. The zero-order valence-electron chi connectivity index (χ0n) is 8.96. The molecule has 17 heavy (non-hydrogen) atoms. The zero-order valence-corrected chi connectivity index (χ0v) is 9.78. The lowest BCUT2D eigenvalue weighted by Crippen LogP contribution is -2.04. The summed E-state index contributed by atoms with van der Waals surface area (Å²) in [6, 6.07) is 7.64. The fourth-order valence-electron chi connectivity index (χ4n) is 1.36. The average Bonchev–Trinajstić information content (AvgIpc) is 2.74. The maximum Gasteiger partial charge on any atom is 0.241 e. The van der Waals surface area contributed by atoms with Crippen molar-refractivity contribution in [2.45, 2.75) is 0 Å². The first-order valence-corrected chi connectivity index (χ1v) is 5.82. The van der Waals surface area contributed by atoms with Crippen LogP contribution in [0.2, 0.25) is 0 Å². The Bertz CT molecular complexity index is 557. The van der Waals surface area contributed by atoms with E-state index in [1.165, 1.54) is 17.4 Å². The van der Waals surface area contributed by atoms with Crippen LogP contribution < -0.4 is 11.5 Å². The molecule has 0 aliphatic heterocycles. The fourth-order valence-corrected chi connectivity index (χ4v) is 1.94. The van der Waals surface area contributed by atoms with Gasteiger partial charge in [0, 0.05) is 17.0 Å². The Morgan fingerprint density at radius 3 is 2.53 bits per heavy atom. The van der Waals surface area contributed by atoms with Gasteiger partial charge in [0.05, 0.1) is 5.69 Å². The molecule has 4 N–H and O–H groups in total. The molecule has 2 aromatic rings. The van der Waals surface area contributed by atoms with E-state index in [0.717, 1.165) is 16.8 Å². The summed E-state index contributed by atoms with van der Waals surface area (Å²) in [5.74, 6) is -0.457. The van der Waals surface area contributed by atoms with Crippen molar-refractivity contribution in [2.75, 3.05) is 5.73 Å². The SMILES string of the molecule is NC(=O)C=Cc1ccc(-c2csc(N)n2)cc1. The standard InChI is InChI=1S/C12H11N3OS/c13-11(16)6-3-8-1-4-9(5-2-8)10-7-17-12(14)15-10/h1-7H,(H2,13,16)(H2,14,15). The van der Waals surface area contributed by atoms with Gasteiger partial charge in [-0.25, -0.2) is 4.98 Å². The summed E-state index contributed by atoms with van der Waals surface area (Å²) in [5.41, 5.74) is 13.4. The summed E-state index contributed by atoms with van der Waals surface area (Å²) in [4.78, 5) is 14.8. The average molecular weight is 245 g/mol. The van der Waals surface area contributed by atoms with E-state index >= 15 is 0 Å². The third-order valence-electron chi connectivity index (χ3n) is 2.17. The second-order valence-electron chi connectivity index (χ2n) is 3.43. The molecule has 0 fully saturated rings. The molecule has 1 aromatic carbocycles. The molecule has 0 aliphatic rings. The predicted octanol–water partition coefficient (Wildman–Crippen LogP) is 1.89. The number of nitrogen functional groups attached to an aromatic ring is 1. The topological polar surface area (TPSA) is 82.0 Å². The Morgan fingerprint density at radius 2 is 2.00 bits per heavy atom. The fraction of sp³-hybridized carbons (Fsp3) is 0. The molecule has 86 valence electrons. The van der Waals surface area contributed by atoms with Gasteiger partial charge in [-0.05, 0) is 11.6 Å². The van der Waals surface area contributed by atoms with Crippen LogP contribution in [0.3, 0.4) is 0 Å². The number of nitrogens with zero attached hydrogens (tertiary/aromatic N) is 1. The Kier molecular flexibility index (Phi) is 3.20. The maximum atomic E-state index is 10.6. The summed E-state index contributed by atoms with van der Waals surface area (Å²) in [6.45, 7) is 0. The molecule has 1 aromatic heterocycles.